The molecule has 1 amide bonds. The standard InChI is InChI=1S/C11H18N4O2/c12-9-7-13-14-10(9)11(17)15-5-2-1-3-8(15)4-6-16/h7-8,16H,1-6,12H2,(H,13,14). The minimum atomic E-state index is -0.113. The molecule has 1 unspecified atom stereocenters. The van der Waals surface area contributed by atoms with Crippen molar-refractivity contribution in [2.45, 2.75) is 31.7 Å². The first-order chi connectivity index (χ1) is 8.24. The lowest BCUT2D eigenvalue weighted by atomic mass is 9.99. The second-order valence-electron chi connectivity index (χ2n) is 4.36. The van der Waals surface area contributed by atoms with E-state index in [2.05, 4.69) is 10.2 Å². The zero-order valence-electron chi connectivity index (χ0n) is 9.72. The van der Waals surface area contributed by atoms with E-state index >= 15 is 0 Å². The monoisotopic (exact) mass is 238 g/mol. The van der Waals surface area contributed by atoms with Crippen LogP contribution in [0.2, 0.25) is 0 Å². The second kappa shape index (κ2) is 5.18. The van der Waals surface area contributed by atoms with Crippen LogP contribution in [0, 0.1) is 0 Å². The molecule has 0 saturated carbocycles. The van der Waals surface area contributed by atoms with Gasteiger partial charge in [0.05, 0.1) is 11.9 Å². The number of aromatic nitrogens is 2. The molecule has 94 valence electrons. The Bertz CT molecular complexity index is 389. The maximum atomic E-state index is 12.3. The number of nitrogens with two attached hydrogens (primary N) is 1. The van der Waals surface area contributed by atoms with Gasteiger partial charge in [0.25, 0.3) is 5.91 Å². The molecule has 1 aliphatic heterocycles. The van der Waals surface area contributed by atoms with Crippen molar-refractivity contribution in [1.29, 1.82) is 0 Å². The third-order valence-corrected chi connectivity index (χ3v) is 3.23. The molecule has 2 heterocycles. The SMILES string of the molecule is Nc1cn[nH]c1C(=O)N1CCCCC1CCO. The van der Waals surface area contributed by atoms with Crippen LogP contribution in [0.25, 0.3) is 0 Å². The number of carbonyl (C=O) groups is 1. The number of hydrogen-bond donors (Lipinski definition) is 3. The third kappa shape index (κ3) is 2.41. The molecule has 0 spiro atoms. The third-order valence-electron chi connectivity index (χ3n) is 3.23. The van der Waals surface area contributed by atoms with Crippen LogP contribution >= 0.6 is 0 Å². The molecule has 6 heteroatoms. The van der Waals surface area contributed by atoms with Crippen LogP contribution in [0.5, 0.6) is 0 Å². The molecule has 1 aromatic rings. The number of H-pyrrole nitrogens is 1. The molecule has 0 bridgehead atoms. The van der Waals surface area contributed by atoms with E-state index in [-0.39, 0.29) is 18.6 Å². The fraction of sp³-hybridized carbons (Fsp3) is 0.636. The van der Waals surface area contributed by atoms with Gasteiger partial charge in [0.1, 0.15) is 5.69 Å². The quantitative estimate of drug-likeness (QED) is 0.709. The van der Waals surface area contributed by atoms with Crippen molar-refractivity contribution in [3.8, 4) is 0 Å². The first kappa shape index (κ1) is 11.9. The molecule has 1 saturated heterocycles. The number of nitrogens with one attached hydrogen (secondary N) is 1. The zero-order valence-corrected chi connectivity index (χ0v) is 9.72. The number of aromatic amines is 1. The summed E-state index contributed by atoms with van der Waals surface area (Å²) in [5, 5.41) is 15.4. The Kier molecular flexibility index (Phi) is 3.63. The van der Waals surface area contributed by atoms with Gasteiger partial charge in [-0.3, -0.25) is 9.89 Å². The van der Waals surface area contributed by atoms with Crippen molar-refractivity contribution >= 4 is 11.6 Å². The summed E-state index contributed by atoms with van der Waals surface area (Å²) in [6.07, 6.45) is 5.12. The van der Waals surface area contributed by atoms with Gasteiger partial charge >= 0.3 is 0 Å². The molecule has 17 heavy (non-hydrogen) atoms. The van der Waals surface area contributed by atoms with Crippen LogP contribution in [0.1, 0.15) is 36.2 Å². The van der Waals surface area contributed by atoms with E-state index in [1.165, 1.54) is 6.20 Å². The number of amides is 1. The van der Waals surface area contributed by atoms with E-state index in [1.54, 1.807) is 4.90 Å². The van der Waals surface area contributed by atoms with Gasteiger partial charge in [-0.05, 0) is 25.7 Å². The van der Waals surface area contributed by atoms with Crippen molar-refractivity contribution in [2.75, 3.05) is 18.9 Å². The minimum absolute atomic E-state index is 0.104. The predicted molar refractivity (Wildman–Crippen MR) is 63.4 cm³/mol. The molecule has 1 aromatic heterocycles. The average molecular weight is 238 g/mol. The summed E-state index contributed by atoms with van der Waals surface area (Å²) >= 11 is 0. The summed E-state index contributed by atoms with van der Waals surface area (Å²) in [5.74, 6) is -0.113. The highest BCUT2D eigenvalue weighted by atomic mass is 16.3. The molecule has 0 aliphatic carbocycles. The first-order valence-electron chi connectivity index (χ1n) is 5.94. The lowest BCUT2D eigenvalue weighted by Crippen LogP contribution is -2.44. The first-order valence-corrected chi connectivity index (χ1v) is 5.94. The molecular weight excluding hydrogens is 220 g/mol. The Morgan fingerprint density at radius 3 is 3.12 bits per heavy atom. The number of anilines is 1. The molecule has 0 aromatic carbocycles. The summed E-state index contributed by atoms with van der Waals surface area (Å²) < 4.78 is 0. The number of nitrogen functional groups attached to an aromatic ring is 1. The molecule has 4 N–H and O–H groups in total. The van der Waals surface area contributed by atoms with Gasteiger partial charge in [0.2, 0.25) is 0 Å². The maximum absolute atomic E-state index is 12.3. The van der Waals surface area contributed by atoms with Crippen molar-refractivity contribution < 1.29 is 9.90 Å². The minimum Gasteiger partial charge on any atom is -0.396 e. The number of piperidine rings is 1. The van der Waals surface area contributed by atoms with Gasteiger partial charge < -0.3 is 15.7 Å². The van der Waals surface area contributed by atoms with E-state index < -0.39 is 0 Å². The highest BCUT2D eigenvalue weighted by Gasteiger charge is 2.28. The molecule has 2 rings (SSSR count). The van der Waals surface area contributed by atoms with E-state index in [1.807, 2.05) is 0 Å². The smallest absolute Gasteiger partial charge is 0.274 e. The maximum Gasteiger partial charge on any atom is 0.274 e. The molecule has 0 radical (unpaired) electrons. The van der Waals surface area contributed by atoms with Crippen LogP contribution < -0.4 is 5.73 Å². The van der Waals surface area contributed by atoms with Gasteiger partial charge in [-0.1, -0.05) is 0 Å². The lowest BCUT2D eigenvalue weighted by molar-refractivity contribution is 0.0569. The Hall–Kier alpha value is -1.56. The Morgan fingerprint density at radius 1 is 1.65 bits per heavy atom. The van der Waals surface area contributed by atoms with Gasteiger partial charge in [0, 0.05) is 19.2 Å². The average Bonchev–Trinajstić information content (AvgIpc) is 2.76. The fourth-order valence-corrected chi connectivity index (χ4v) is 2.33. The highest BCUT2D eigenvalue weighted by Crippen LogP contribution is 2.22. The normalized spacial score (nSPS) is 20.5. The van der Waals surface area contributed by atoms with Crippen molar-refractivity contribution in [2.24, 2.45) is 0 Å². The number of likely N-dealkylation sites (tertiary alicyclic amines) is 1. The molecule has 6 nitrogen and oxygen atoms in total. The Labute approximate surface area is 99.8 Å². The van der Waals surface area contributed by atoms with Crippen molar-refractivity contribution in [3.63, 3.8) is 0 Å². The summed E-state index contributed by atoms with van der Waals surface area (Å²) in [5.41, 5.74) is 6.41. The van der Waals surface area contributed by atoms with Crippen molar-refractivity contribution in [3.05, 3.63) is 11.9 Å². The van der Waals surface area contributed by atoms with Crippen LogP contribution in [0.4, 0.5) is 5.69 Å². The van der Waals surface area contributed by atoms with Crippen molar-refractivity contribution in [1.82, 2.24) is 15.1 Å². The molecule has 1 fully saturated rings. The zero-order chi connectivity index (χ0) is 12.3. The summed E-state index contributed by atoms with van der Waals surface area (Å²) in [6, 6.07) is 0.115. The van der Waals surface area contributed by atoms with Gasteiger partial charge in [-0.2, -0.15) is 5.10 Å². The molecule has 1 aliphatic rings. The lowest BCUT2D eigenvalue weighted by Gasteiger charge is -2.35. The molecule has 1 atom stereocenters. The summed E-state index contributed by atoms with van der Waals surface area (Å²) in [4.78, 5) is 14.1. The number of nitrogens with zero attached hydrogens (tertiary/aromatic N) is 2. The van der Waals surface area contributed by atoms with Crippen LogP contribution in [-0.2, 0) is 0 Å². The predicted octanol–water partition coefficient (Wildman–Crippen LogP) is 0.369. The number of carbonyl (C=O) groups excluding carboxylic acids is 1. The number of aliphatic hydroxyl groups excluding tert-OH is 1. The van der Waals surface area contributed by atoms with Crippen LogP contribution in [-0.4, -0.2) is 45.3 Å². The van der Waals surface area contributed by atoms with E-state index in [0.717, 1.165) is 25.8 Å². The van der Waals surface area contributed by atoms with E-state index in [4.69, 9.17) is 10.8 Å². The van der Waals surface area contributed by atoms with Gasteiger partial charge in [-0.15, -0.1) is 0 Å². The topological polar surface area (TPSA) is 95.2 Å². The van der Waals surface area contributed by atoms with E-state index in [0.29, 0.717) is 17.8 Å². The number of rotatable bonds is 3. The number of hydrogen-bond acceptors (Lipinski definition) is 4. The number of aliphatic hydroxyl groups is 1. The Balaban J connectivity index is 2.14. The van der Waals surface area contributed by atoms with Gasteiger partial charge in [-0.25, -0.2) is 0 Å². The largest absolute Gasteiger partial charge is 0.396 e. The van der Waals surface area contributed by atoms with Crippen LogP contribution in [0.3, 0.4) is 0 Å². The van der Waals surface area contributed by atoms with Crippen LogP contribution in [0.15, 0.2) is 6.20 Å². The summed E-state index contributed by atoms with van der Waals surface area (Å²) in [6.45, 7) is 0.828. The second-order valence-corrected chi connectivity index (χ2v) is 4.36. The fourth-order valence-electron chi connectivity index (χ4n) is 2.33. The van der Waals surface area contributed by atoms with E-state index in [9.17, 15) is 4.79 Å². The van der Waals surface area contributed by atoms with Gasteiger partial charge in [0.15, 0.2) is 0 Å². The highest BCUT2D eigenvalue weighted by molar-refractivity contribution is 5.97. The molecular formula is C11H18N4O2. The Morgan fingerprint density at radius 2 is 2.47 bits per heavy atom. The summed E-state index contributed by atoms with van der Waals surface area (Å²) in [7, 11) is 0.